The quantitative estimate of drug-likeness (QED) is 0.924. The van der Waals surface area contributed by atoms with Crippen LogP contribution in [0.3, 0.4) is 0 Å². The highest BCUT2D eigenvalue weighted by Gasteiger charge is 1.94. The first kappa shape index (κ1) is 13.6. The highest BCUT2D eigenvalue weighted by Crippen LogP contribution is 2.15. The van der Waals surface area contributed by atoms with Crippen molar-refractivity contribution in [1.82, 2.24) is 0 Å². The van der Waals surface area contributed by atoms with Crippen LogP contribution in [0.15, 0.2) is 54.6 Å². The number of methoxy groups -OCH3 is 1. The Bertz CT molecular complexity index is 428. The van der Waals surface area contributed by atoms with E-state index < -0.39 is 0 Å². The molecule has 2 aromatic rings. The summed E-state index contributed by atoms with van der Waals surface area (Å²) in [4.78, 5) is 0. The van der Waals surface area contributed by atoms with Gasteiger partial charge in [-0.05, 0) is 29.8 Å². The summed E-state index contributed by atoms with van der Waals surface area (Å²) in [6, 6.07) is 18.3. The molecule has 0 heterocycles. The molecule has 0 radical (unpaired) electrons. The summed E-state index contributed by atoms with van der Waals surface area (Å²) in [6.07, 6.45) is 0. The van der Waals surface area contributed by atoms with Gasteiger partial charge in [0.25, 0.3) is 0 Å². The van der Waals surface area contributed by atoms with E-state index in [0.29, 0.717) is 0 Å². The van der Waals surface area contributed by atoms with Gasteiger partial charge >= 0.3 is 0 Å². The second-order valence-electron chi connectivity index (χ2n) is 3.57. The molecule has 0 saturated carbocycles. The van der Waals surface area contributed by atoms with Gasteiger partial charge in [-0.1, -0.05) is 30.3 Å². The topological polar surface area (TPSA) is 21.3 Å². The van der Waals surface area contributed by atoms with Gasteiger partial charge in [0.15, 0.2) is 0 Å². The maximum absolute atomic E-state index is 5.10. The highest BCUT2D eigenvalue weighted by molar-refractivity contribution is 8.93. The van der Waals surface area contributed by atoms with Crippen molar-refractivity contribution in [1.29, 1.82) is 0 Å². The maximum Gasteiger partial charge on any atom is 0.119 e. The zero-order valence-electron chi connectivity index (χ0n) is 9.72. The van der Waals surface area contributed by atoms with Gasteiger partial charge in [0.1, 0.15) is 5.75 Å². The Hall–Kier alpha value is -1.48. The molecule has 90 valence electrons. The van der Waals surface area contributed by atoms with E-state index >= 15 is 0 Å². The van der Waals surface area contributed by atoms with Crippen LogP contribution in [0.4, 0.5) is 5.69 Å². The zero-order valence-corrected chi connectivity index (χ0v) is 11.4. The van der Waals surface area contributed by atoms with Crippen LogP contribution in [0.1, 0.15) is 5.56 Å². The summed E-state index contributed by atoms with van der Waals surface area (Å²) >= 11 is 0. The molecule has 0 atom stereocenters. The third-order valence-corrected chi connectivity index (χ3v) is 2.43. The van der Waals surface area contributed by atoms with Crippen LogP contribution < -0.4 is 10.1 Å². The molecule has 0 bridgehead atoms. The molecule has 2 rings (SSSR count). The number of hydrogen-bond acceptors (Lipinski definition) is 2. The van der Waals surface area contributed by atoms with E-state index in [-0.39, 0.29) is 17.0 Å². The largest absolute Gasteiger partial charge is 0.497 e. The van der Waals surface area contributed by atoms with Crippen molar-refractivity contribution in [3.8, 4) is 5.75 Å². The summed E-state index contributed by atoms with van der Waals surface area (Å²) in [6.45, 7) is 0.840. The van der Waals surface area contributed by atoms with E-state index in [2.05, 4.69) is 17.4 Å². The Morgan fingerprint density at radius 2 is 1.59 bits per heavy atom. The summed E-state index contributed by atoms with van der Waals surface area (Å²) in [5.74, 6) is 0.880. The first-order valence-corrected chi connectivity index (χ1v) is 5.30. The fourth-order valence-electron chi connectivity index (χ4n) is 1.51. The van der Waals surface area contributed by atoms with E-state index in [9.17, 15) is 0 Å². The molecule has 2 aromatic carbocycles. The minimum atomic E-state index is 0. The van der Waals surface area contributed by atoms with Crippen molar-refractivity contribution in [3.05, 3.63) is 60.2 Å². The molecule has 3 heteroatoms. The van der Waals surface area contributed by atoms with Crippen LogP contribution in [-0.4, -0.2) is 7.11 Å². The Morgan fingerprint density at radius 3 is 2.18 bits per heavy atom. The summed E-state index contributed by atoms with van der Waals surface area (Å²) < 4.78 is 5.10. The van der Waals surface area contributed by atoms with Crippen LogP contribution in [0.25, 0.3) is 0 Å². The van der Waals surface area contributed by atoms with Gasteiger partial charge in [0.2, 0.25) is 0 Å². The van der Waals surface area contributed by atoms with Crippen LogP contribution in [0.2, 0.25) is 0 Å². The SMILES string of the molecule is Br.COc1ccc(NCc2ccccc2)cc1. The molecule has 0 aliphatic heterocycles. The fraction of sp³-hybridized carbons (Fsp3) is 0.143. The molecule has 0 aliphatic rings. The number of nitrogens with one attached hydrogen (secondary N) is 1. The van der Waals surface area contributed by atoms with Gasteiger partial charge in [-0.3, -0.25) is 0 Å². The highest BCUT2D eigenvalue weighted by atomic mass is 79.9. The first-order valence-electron chi connectivity index (χ1n) is 5.30. The maximum atomic E-state index is 5.10. The predicted octanol–water partition coefficient (Wildman–Crippen LogP) is 3.89. The van der Waals surface area contributed by atoms with Gasteiger partial charge < -0.3 is 10.1 Å². The van der Waals surface area contributed by atoms with Crippen molar-refractivity contribution < 1.29 is 4.74 Å². The lowest BCUT2D eigenvalue weighted by Crippen LogP contribution is -1.98. The van der Waals surface area contributed by atoms with E-state index in [1.807, 2.05) is 42.5 Å². The van der Waals surface area contributed by atoms with Crippen LogP contribution >= 0.6 is 17.0 Å². The third kappa shape index (κ3) is 4.11. The monoisotopic (exact) mass is 293 g/mol. The van der Waals surface area contributed by atoms with Crippen molar-refractivity contribution >= 4 is 22.7 Å². The molecule has 0 saturated heterocycles. The summed E-state index contributed by atoms with van der Waals surface area (Å²) in [7, 11) is 1.67. The van der Waals surface area contributed by atoms with E-state index in [0.717, 1.165) is 18.0 Å². The normalized spacial score (nSPS) is 9.24. The zero-order chi connectivity index (χ0) is 11.2. The molecule has 17 heavy (non-hydrogen) atoms. The predicted molar refractivity (Wildman–Crippen MR) is 77.1 cm³/mol. The lowest BCUT2D eigenvalue weighted by Gasteiger charge is -2.07. The molecule has 0 unspecified atom stereocenters. The minimum absolute atomic E-state index is 0. The van der Waals surface area contributed by atoms with Gasteiger partial charge in [0.05, 0.1) is 7.11 Å². The van der Waals surface area contributed by atoms with Crippen LogP contribution in [0, 0.1) is 0 Å². The molecule has 0 spiro atoms. The van der Waals surface area contributed by atoms with Gasteiger partial charge in [-0.15, -0.1) is 17.0 Å². The third-order valence-electron chi connectivity index (χ3n) is 2.43. The molecule has 0 aliphatic carbocycles. The molecule has 0 fully saturated rings. The van der Waals surface area contributed by atoms with Gasteiger partial charge in [-0.25, -0.2) is 0 Å². The van der Waals surface area contributed by atoms with Gasteiger partial charge in [-0.2, -0.15) is 0 Å². The second kappa shape index (κ2) is 6.97. The van der Waals surface area contributed by atoms with Crippen molar-refractivity contribution in [2.45, 2.75) is 6.54 Å². The van der Waals surface area contributed by atoms with Crippen LogP contribution in [-0.2, 0) is 6.54 Å². The first-order chi connectivity index (χ1) is 7.88. The smallest absolute Gasteiger partial charge is 0.119 e. The summed E-state index contributed by atoms with van der Waals surface area (Å²) in [5.41, 5.74) is 2.38. The fourth-order valence-corrected chi connectivity index (χ4v) is 1.51. The molecule has 1 N–H and O–H groups in total. The number of rotatable bonds is 4. The molecule has 0 aromatic heterocycles. The van der Waals surface area contributed by atoms with Crippen molar-refractivity contribution in [2.24, 2.45) is 0 Å². The van der Waals surface area contributed by atoms with E-state index in [1.165, 1.54) is 5.56 Å². The van der Waals surface area contributed by atoms with Gasteiger partial charge in [0, 0.05) is 12.2 Å². The number of benzene rings is 2. The van der Waals surface area contributed by atoms with Crippen LogP contribution in [0.5, 0.6) is 5.75 Å². The van der Waals surface area contributed by atoms with E-state index in [4.69, 9.17) is 4.74 Å². The average Bonchev–Trinajstić information content (AvgIpc) is 2.38. The van der Waals surface area contributed by atoms with Crippen molar-refractivity contribution in [2.75, 3.05) is 12.4 Å². The Kier molecular flexibility index (Phi) is 5.57. The van der Waals surface area contributed by atoms with E-state index in [1.54, 1.807) is 7.11 Å². The minimum Gasteiger partial charge on any atom is -0.497 e. The Labute approximate surface area is 112 Å². The number of ether oxygens (including phenoxy) is 1. The molecular formula is C14H16BrNO. The lowest BCUT2D eigenvalue weighted by atomic mass is 10.2. The number of anilines is 1. The van der Waals surface area contributed by atoms with Crippen molar-refractivity contribution in [3.63, 3.8) is 0 Å². The lowest BCUT2D eigenvalue weighted by molar-refractivity contribution is 0.415. The molecular weight excluding hydrogens is 278 g/mol. The Balaban J connectivity index is 0.00000144. The number of hydrogen-bond donors (Lipinski definition) is 1. The second-order valence-corrected chi connectivity index (χ2v) is 3.57. The summed E-state index contributed by atoms with van der Waals surface area (Å²) in [5, 5.41) is 3.36. The standard InChI is InChI=1S/C14H15NO.BrH/c1-16-14-9-7-13(8-10-14)15-11-12-5-3-2-4-6-12;/h2-10,15H,11H2,1H3;1H. The molecule has 2 nitrogen and oxygen atoms in total. The molecule has 0 amide bonds. The number of halogens is 1. The average molecular weight is 294 g/mol. The Morgan fingerprint density at radius 1 is 0.941 bits per heavy atom.